The molecule has 0 bridgehead atoms. The standard InChI is InChI=1S/C50H33NO/c1-2-10-34(11-3-1)36-22-27-42(28-23-36)51(47-16-8-6-14-44(47)41-21-18-35-12-4-5-13-39(35)32-41)43-29-24-37(25-30-43)40-20-19-38-26-31-49-50(46(38)33-40)45-15-7-9-17-48(45)52-49/h1-33H. The number of rotatable bonds is 6. The minimum absolute atomic E-state index is 0.917. The van der Waals surface area contributed by atoms with E-state index in [1.165, 1.54) is 54.7 Å². The Hall–Kier alpha value is -6.90. The van der Waals surface area contributed by atoms with Gasteiger partial charge in [-0.2, -0.15) is 0 Å². The quantitative estimate of drug-likeness (QED) is 0.176. The average Bonchev–Trinajstić information content (AvgIpc) is 3.61. The Labute approximate surface area is 302 Å². The Morgan fingerprint density at radius 2 is 0.904 bits per heavy atom. The van der Waals surface area contributed by atoms with Crippen LogP contribution in [-0.2, 0) is 0 Å². The highest BCUT2D eigenvalue weighted by Gasteiger charge is 2.18. The van der Waals surface area contributed by atoms with Gasteiger partial charge in [0.1, 0.15) is 11.2 Å². The molecular weight excluding hydrogens is 631 g/mol. The second-order valence-electron chi connectivity index (χ2n) is 13.3. The van der Waals surface area contributed by atoms with Gasteiger partial charge >= 0.3 is 0 Å². The summed E-state index contributed by atoms with van der Waals surface area (Å²) < 4.78 is 6.22. The first-order chi connectivity index (χ1) is 25.8. The molecule has 10 rings (SSSR count). The SMILES string of the molecule is c1ccc(-c2ccc(N(c3ccc(-c4ccc5ccc6oc7ccccc7c6c5c4)cc3)c3ccccc3-c3ccc4ccccc4c3)cc2)cc1. The molecule has 0 N–H and O–H groups in total. The van der Waals surface area contributed by atoms with Crippen LogP contribution in [0.5, 0.6) is 0 Å². The van der Waals surface area contributed by atoms with Crippen LogP contribution in [0.1, 0.15) is 0 Å². The van der Waals surface area contributed by atoms with E-state index in [0.717, 1.165) is 39.2 Å². The van der Waals surface area contributed by atoms with Crippen LogP contribution in [0.4, 0.5) is 17.1 Å². The lowest BCUT2D eigenvalue weighted by atomic mass is 9.97. The Bertz CT molecular complexity index is 2890. The number of para-hydroxylation sites is 2. The zero-order valence-corrected chi connectivity index (χ0v) is 28.4. The van der Waals surface area contributed by atoms with Crippen molar-refractivity contribution < 1.29 is 4.42 Å². The fourth-order valence-corrected chi connectivity index (χ4v) is 7.66. The largest absolute Gasteiger partial charge is 0.456 e. The summed E-state index contributed by atoms with van der Waals surface area (Å²) >= 11 is 0. The molecule has 0 atom stereocenters. The average molecular weight is 664 g/mol. The van der Waals surface area contributed by atoms with Crippen molar-refractivity contribution in [2.45, 2.75) is 0 Å². The number of furan rings is 1. The lowest BCUT2D eigenvalue weighted by molar-refractivity contribution is 0.669. The summed E-state index contributed by atoms with van der Waals surface area (Å²) in [6.07, 6.45) is 0. The summed E-state index contributed by atoms with van der Waals surface area (Å²) in [5.74, 6) is 0. The molecule has 0 amide bonds. The normalized spacial score (nSPS) is 11.5. The van der Waals surface area contributed by atoms with Gasteiger partial charge in [-0.3, -0.25) is 0 Å². The monoisotopic (exact) mass is 663 g/mol. The highest BCUT2D eigenvalue weighted by Crippen LogP contribution is 2.43. The van der Waals surface area contributed by atoms with Crippen molar-refractivity contribution in [3.8, 4) is 33.4 Å². The molecule has 10 aromatic rings. The van der Waals surface area contributed by atoms with E-state index in [1.807, 2.05) is 12.1 Å². The van der Waals surface area contributed by atoms with Crippen LogP contribution in [0.25, 0.3) is 76.9 Å². The summed E-state index contributed by atoms with van der Waals surface area (Å²) in [5, 5.41) is 7.19. The van der Waals surface area contributed by atoms with Crippen LogP contribution in [0.2, 0.25) is 0 Å². The molecular formula is C50H33NO. The molecule has 0 aliphatic heterocycles. The van der Waals surface area contributed by atoms with Gasteiger partial charge in [0.25, 0.3) is 0 Å². The lowest BCUT2D eigenvalue weighted by Crippen LogP contribution is -2.11. The van der Waals surface area contributed by atoms with Gasteiger partial charge in [-0.1, -0.05) is 146 Å². The summed E-state index contributed by atoms with van der Waals surface area (Å²) in [6, 6.07) is 71.8. The Morgan fingerprint density at radius 1 is 0.327 bits per heavy atom. The maximum atomic E-state index is 6.22. The summed E-state index contributed by atoms with van der Waals surface area (Å²) in [7, 11) is 0. The predicted molar refractivity (Wildman–Crippen MR) is 220 cm³/mol. The molecule has 0 spiro atoms. The third-order valence-corrected chi connectivity index (χ3v) is 10.3. The summed E-state index contributed by atoms with van der Waals surface area (Å²) in [5.41, 5.74) is 12.2. The molecule has 244 valence electrons. The van der Waals surface area contributed by atoms with Crippen molar-refractivity contribution in [2.75, 3.05) is 4.90 Å². The minimum atomic E-state index is 0.917. The number of fused-ring (bicyclic) bond motifs is 6. The van der Waals surface area contributed by atoms with Gasteiger partial charge in [0.05, 0.1) is 5.69 Å². The summed E-state index contributed by atoms with van der Waals surface area (Å²) in [4.78, 5) is 2.38. The van der Waals surface area contributed by atoms with Crippen molar-refractivity contribution in [1.82, 2.24) is 0 Å². The molecule has 0 aliphatic carbocycles. The summed E-state index contributed by atoms with van der Waals surface area (Å²) in [6.45, 7) is 0. The van der Waals surface area contributed by atoms with E-state index in [2.05, 4.69) is 193 Å². The molecule has 52 heavy (non-hydrogen) atoms. The molecule has 0 radical (unpaired) electrons. The van der Waals surface area contributed by atoms with Gasteiger partial charge in [0, 0.05) is 27.7 Å². The van der Waals surface area contributed by atoms with Crippen molar-refractivity contribution in [3.63, 3.8) is 0 Å². The first-order valence-corrected chi connectivity index (χ1v) is 17.8. The van der Waals surface area contributed by atoms with E-state index in [-0.39, 0.29) is 0 Å². The fraction of sp³-hybridized carbons (Fsp3) is 0. The second kappa shape index (κ2) is 12.5. The van der Waals surface area contributed by atoms with E-state index in [4.69, 9.17) is 4.42 Å². The van der Waals surface area contributed by atoms with E-state index in [9.17, 15) is 0 Å². The van der Waals surface area contributed by atoms with Crippen LogP contribution in [-0.4, -0.2) is 0 Å². The van der Waals surface area contributed by atoms with Crippen LogP contribution in [0, 0.1) is 0 Å². The van der Waals surface area contributed by atoms with E-state index in [0.29, 0.717) is 0 Å². The Morgan fingerprint density at radius 3 is 1.71 bits per heavy atom. The molecule has 9 aromatic carbocycles. The van der Waals surface area contributed by atoms with Crippen molar-refractivity contribution in [1.29, 1.82) is 0 Å². The Kier molecular flexibility index (Phi) is 7.18. The lowest BCUT2D eigenvalue weighted by Gasteiger charge is -2.28. The van der Waals surface area contributed by atoms with E-state index < -0.39 is 0 Å². The highest BCUT2D eigenvalue weighted by molar-refractivity contribution is 6.19. The minimum Gasteiger partial charge on any atom is -0.456 e. The zero-order chi connectivity index (χ0) is 34.4. The zero-order valence-electron chi connectivity index (χ0n) is 28.4. The maximum Gasteiger partial charge on any atom is 0.136 e. The topological polar surface area (TPSA) is 16.4 Å². The van der Waals surface area contributed by atoms with E-state index in [1.54, 1.807) is 0 Å². The van der Waals surface area contributed by atoms with Gasteiger partial charge in [0.15, 0.2) is 0 Å². The molecule has 0 aliphatic rings. The van der Waals surface area contributed by atoms with Gasteiger partial charge in [-0.15, -0.1) is 0 Å². The molecule has 0 fully saturated rings. The number of hydrogen-bond acceptors (Lipinski definition) is 2. The number of benzene rings is 9. The van der Waals surface area contributed by atoms with Gasteiger partial charge in [-0.25, -0.2) is 0 Å². The first kappa shape index (κ1) is 30.0. The van der Waals surface area contributed by atoms with Crippen LogP contribution < -0.4 is 4.90 Å². The van der Waals surface area contributed by atoms with Crippen LogP contribution >= 0.6 is 0 Å². The highest BCUT2D eigenvalue weighted by atomic mass is 16.3. The van der Waals surface area contributed by atoms with Crippen LogP contribution in [0.3, 0.4) is 0 Å². The number of hydrogen-bond donors (Lipinski definition) is 0. The molecule has 0 saturated carbocycles. The van der Waals surface area contributed by atoms with Crippen molar-refractivity contribution >= 4 is 60.5 Å². The Balaban J connectivity index is 1.09. The third kappa shape index (κ3) is 5.21. The number of anilines is 3. The predicted octanol–water partition coefficient (Wildman–Crippen LogP) is 14.4. The third-order valence-electron chi connectivity index (χ3n) is 10.3. The molecule has 0 saturated heterocycles. The van der Waals surface area contributed by atoms with Gasteiger partial charge in [0.2, 0.25) is 0 Å². The molecule has 0 unspecified atom stereocenters. The maximum absolute atomic E-state index is 6.22. The van der Waals surface area contributed by atoms with Crippen molar-refractivity contribution in [2.24, 2.45) is 0 Å². The smallest absolute Gasteiger partial charge is 0.136 e. The van der Waals surface area contributed by atoms with Crippen molar-refractivity contribution in [3.05, 3.63) is 200 Å². The second-order valence-corrected chi connectivity index (χ2v) is 13.3. The molecule has 2 heteroatoms. The van der Waals surface area contributed by atoms with Gasteiger partial charge in [-0.05, 0) is 104 Å². The van der Waals surface area contributed by atoms with Gasteiger partial charge < -0.3 is 9.32 Å². The number of nitrogens with zero attached hydrogens (tertiary/aromatic N) is 1. The van der Waals surface area contributed by atoms with E-state index >= 15 is 0 Å². The molecule has 1 aromatic heterocycles. The first-order valence-electron chi connectivity index (χ1n) is 17.8. The van der Waals surface area contributed by atoms with Crippen LogP contribution in [0.15, 0.2) is 205 Å². The molecule has 2 nitrogen and oxygen atoms in total. The molecule has 1 heterocycles. The fourth-order valence-electron chi connectivity index (χ4n) is 7.66.